The van der Waals surface area contributed by atoms with Crippen molar-refractivity contribution in [3.63, 3.8) is 0 Å². The summed E-state index contributed by atoms with van der Waals surface area (Å²) in [5, 5.41) is 3.46. The average molecular weight is 273 g/mol. The van der Waals surface area contributed by atoms with Crippen molar-refractivity contribution >= 4 is 28.1 Å². The normalized spacial score (nSPS) is 10.4. The number of anilines is 2. The number of benzene rings is 1. The Balaban J connectivity index is 2.27. The number of nitrogens with one attached hydrogen (secondary N) is 1. The monoisotopic (exact) mass is 273 g/mol. The number of halogens is 3. The number of nitrogens with zero attached hydrogens (tertiary/aromatic N) is 1. The van der Waals surface area contributed by atoms with Crippen LogP contribution >= 0.6 is 11.3 Å². The molecule has 0 aliphatic carbocycles. The molecule has 0 saturated heterocycles. The van der Waals surface area contributed by atoms with Gasteiger partial charge in [0, 0.05) is 17.5 Å². The number of nitrogen functional groups attached to an aromatic ring is 1. The summed E-state index contributed by atoms with van der Waals surface area (Å²) in [7, 11) is 0. The number of carbonyl (C=O) groups is 1. The van der Waals surface area contributed by atoms with Gasteiger partial charge in [-0.2, -0.15) is 0 Å². The zero-order valence-electron chi connectivity index (χ0n) is 8.71. The van der Waals surface area contributed by atoms with Crippen molar-refractivity contribution in [1.82, 2.24) is 4.98 Å². The molecule has 0 aliphatic rings. The van der Waals surface area contributed by atoms with Crippen molar-refractivity contribution in [2.24, 2.45) is 0 Å². The molecule has 0 bridgehead atoms. The van der Waals surface area contributed by atoms with Crippen LogP contribution in [-0.4, -0.2) is 10.9 Å². The minimum Gasteiger partial charge on any atom is -0.375 e. The lowest BCUT2D eigenvalue weighted by atomic mass is 10.2. The van der Waals surface area contributed by atoms with Gasteiger partial charge in [0.05, 0.1) is 0 Å². The minimum atomic E-state index is -1.20. The Morgan fingerprint density at radius 3 is 2.39 bits per heavy atom. The van der Waals surface area contributed by atoms with Gasteiger partial charge in [0.15, 0.2) is 16.8 Å². The summed E-state index contributed by atoms with van der Waals surface area (Å²) in [6.45, 7) is 0. The number of nitrogens with two attached hydrogens (primary N) is 1. The molecular formula is C10H6F3N3OS. The summed E-state index contributed by atoms with van der Waals surface area (Å²) >= 11 is 1.01. The van der Waals surface area contributed by atoms with Crippen LogP contribution in [0.15, 0.2) is 17.5 Å². The highest BCUT2D eigenvalue weighted by molar-refractivity contribution is 7.13. The molecule has 18 heavy (non-hydrogen) atoms. The first-order chi connectivity index (χ1) is 8.47. The minimum absolute atomic E-state index is 0.0689. The van der Waals surface area contributed by atoms with Crippen molar-refractivity contribution in [1.29, 1.82) is 0 Å². The maximum absolute atomic E-state index is 13.3. The second-order valence-corrected chi connectivity index (χ2v) is 4.16. The standard InChI is InChI=1S/C10H6F3N3OS/c11-4-1-5(12)8(6(13)2-4)16-9(17)7-3-18-10(14)15-7/h1-3H,(H2,14,15)(H,16,17). The third-order valence-electron chi connectivity index (χ3n) is 2.00. The summed E-state index contributed by atoms with van der Waals surface area (Å²) in [6.07, 6.45) is 0. The highest BCUT2D eigenvalue weighted by Crippen LogP contribution is 2.21. The van der Waals surface area contributed by atoms with Crippen LogP contribution in [0.25, 0.3) is 0 Å². The Morgan fingerprint density at radius 1 is 1.28 bits per heavy atom. The molecule has 0 aliphatic heterocycles. The Hall–Kier alpha value is -2.09. The van der Waals surface area contributed by atoms with Gasteiger partial charge in [-0.3, -0.25) is 4.79 Å². The quantitative estimate of drug-likeness (QED) is 0.882. The van der Waals surface area contributed by atoms with Crippen LogP contribution in [0.2, 0.25) is 0 Å². The highest BCUT2D eigenvalue weighted by atomic mass is 32.1. The molecule has 0 radical (unpaired) electrons. The van der Waals surface area contributed by atoms with E-state index in [1.165, 1.54) is 5.38 Å². The molecule has 1 amide bonds. The molecule has 94 valence electrons. The van der Waals surface area contributed by atoms with Crippen molar-refractivity contribution in [2.45, 2.75) is 0 Å². The van der Waals surface area contributed by atoms with E-state index in [2.05, 4.69) is 4.98 Å². The van der Waals surface area contributed by atoms with E-state index in [0.717, 1.165) is 11.3 Å². The molecule has 2 aromatic rings. The van der Waals surface area contributed by atoms with Crippen LogP contribution in [0.3, 0.4) is 0 Å². The second-order valence-electron chi connectivity index (χ2n) is 3.27. The smallest absolute Gasteiger partial charge is 0.275 e. The van der Waals surface area contributed by atoms with E-state index in [9.17, 15) is 18.0 Å². The molecule has 8 heteroatoms. The van der Waals surface area contributed by atoms with E-state index >= 15 is 0 Å². The lowest BCUT2D eigenvalue weighted by molar-refractivity contribution is 0.102. The highest BCUT2D eigenvalue weighted by Gasteiger charge is 2.16. The Kier molecular flexibility index (Phi) is 3.19. The van der Waals surface area contributed by atoms with E-state index < -0.39 is 29.0 Å². The van der Waals surface area contributed by atoms with Crippen LogP contribution in [0.4, 0.5) is 24.0 Å². The van der Waals surface area contributed by atoms with Gasteiger partial charge in [-0.1, -0.05) is 0 Å². The lowest BCUT2D eigenvalue weighted by Crippen LogP contribution is -2.15. The van der Waals surface area contributed by atoms with Crippen molar-refractivity contribution in [3.8, 4) is 0 Å². The number of hydrogen-bond acceptors (Lipinski definition) is 4. The van der Waals surface area contributed by atoms with Crippen molar-refractivity contribution in [2.75, 3.05) is 11.1 Å². The van der Waals surface area contributed by atoms with E-state index in [0.29, 0.717) is 12.1 Å². The second kappa shape index (κ2) is 4.65. The van der Waals surface area contributed by atoms with Crippen LogP contribution in [0.5, 0.6) is 0 Å². The van der Waals surface area contributed by atoms with Crippen molar-refractivity contribution in [3.05, 3.63) is 40.7 Å². The van der Waals surface area contributed by atoms with Gasteiger partial charge >= 0.3 is 0 Å². The first-order valence-corrected chi connectivity index (χ1v) is 5.52. The largest absolute Gasteiger partial charge is 0.375 e. The van der Waals surface area contributed by atoms with Gasteiger partial charge in [0.1, 0.15) is 17.2 Å². The molecule has 0 atom stereocenters. The SMILES string of the molecule is Nc1nc(C(=O)Nc2c(F)cc(F)cc2F)cs1. The Labute approximate surface area is 103 Å². The van der Waals surface area contributed by atoms with E-state index in [-0.39, 0.29) is 10.8 Å². The number of rotatable bonds is 2. The van der Waals surface area contributed by atoms with E-state index in [4.69, 9.17) is 5.73 Å². The number of hydrogen-bond donors (Lipinski definition) is 2. The van der Waals surface area contributed by atoms with Crippen molar-refractivity contribution < 1.29 is 18.0 Å². The summed E-state index contributed by atoms with van der Waals surface area (Å²) in [5.41, 5.74) is 4.52. The first kappa shape index (κ1) is 12.4. The summed E-state index contributed by atoms with van der Waals surface area (Å²) in [6, 6.07) is 0.933. The molecule has 1 aromatic heterocycles. The van der Waals surface area contributed by atoms with Crippen LogP contribution in [-0.2, 0) is 0 Å². The lowest BCUT2D eigenvalue weighted by Gasteiger charge is -2.06. The summed E-state index contributed by atoms with van der Waals surface area (Å²) in [4.78, 5) is 15.2. The third kappa shape index (κ3) is 2.43. The van der Waals surface area contributed by atoms with Crippen LogP contribution < -0.4 is 11.1 Å². The molecule has 0 spiro atoms. The Bertz CT molecular complexity index is 591. The Morgan fingerprint density at radius 2 is 1.89 bits per heavy atom. The third-order valence-corrected chi connectivity index (χ3v) is 2.67. The predicted octanol–water partition coefficient (Wildman–Crippen LogP) is 2.39. The number of carbonyl (C=O) groups excluding carboxylic acids is 1. The topological polar surface area (TPSA) is 68.0 Å². The van der Waals surface area contributed by atoms with E-state index in [1.807, 2.05) is 5.32 Å². The first-order valence-electron chi connectivity index (χ1n) is 4.64. The average Bonchev–Trinajstić information content (AvgIpc) is 2.70. The van der Waals surface area contributed by atoms with Gasteiger partial charge < -0.3 is 11.1 Å². The molecule has 2 rings (SSSR count). The fourth-order valence-corrected chi connectivity index (χ4v) is 1.77. The molecule has 0 unspecified atom stereocenters. The molecule has 1 heterocycles. The molecule has 3 N–H and O–H groups in total. The number of aromatic nitrogens is 1. The van der Waals surface area contributed by atoms with Gasteiger partial charge in [-0.05, 0) is 0 Å². The van der Waals surface area contributed by atoms with Crippen LogP contribution in [0, 0.1) is 17.5 Å². The van der Waals surface area contributed by atoms with Gasteiger partial charge in [-0.15, -0.1) is 11.3 Å². The molecular weight excluding hydrogens is 267 g/mol. The summed E-state index contributed by atoms with van der Waals surface area (Å²) < 4.78 is 39.2. The maximum atomic E-state index is 13.3. The van der Waals surface area contributed by atoms with Gasteiger partial charge in [-0.25, -0.2) is 18.2 Å². The molecule has 0 saturated carbocycles. The number of amides is 1. The van der Waals surface area contributed by atoms with Gasteiger partial charge in [0.2, 0.25) is 0 Å². The molecule has 4 nitrogen and oxygen atoms in total. The van der Waals surface area contributed by atoms with E-state index in [1.54, 1.807) is 0 Å². The number of thiazole rings is 1. The van der Waals surface area contributed by atoms with Gasteiger partial charge in [0.25, 0.3) is 5.91 Å². The summed E-state index contributed by atoms with van der Waals surface area (Å²) in [5.74, 6) is -4.30. The van der Waals surface area contributed by atoms with Crippen LogP contribution in [0.1, 0.15) is 10.5 Å². The zero-order chi connectivity index (χ0) is 13.3. The zero-order valence-corrected chi connectivity index (χ0v) is 9.52. The fourth-order valence-electron chi connectivity index (χ4n) is 1.23. The fraction of sp³-hybridized carbons (Fsp3) is 0. The molecule has 1 aromatic carbocycles. The molecule has 0 fully saturated rings. The maximum Gasteiger partial charge on any atom is 0.275 e. The predicted molar refractivity (Wildman–Crippen MR) is 60.8 cm³/mol.